The molecule has 1 aliphatic carbocycles. The lowest BCUT2D eigenvalue weighted by Gasteiger charge is -2.18. The zero-order valence-corrected chi connectivity index (χ0v) is 10.8. The molecule has 0 aromatic heterocycles. The smallest absolute Gasteiger partial charge is 0.357 e. The molecule has 0 amide bonds. The number of benzene rings is 2. The Bertz CT molecular complexity index is 766. The standard InChI is InChI=1S/C14H8O5S/c15-13-8-4-1-2-5-9(8)14(16)12-10(13)6-3-7-11(12)19-20(17)18/h1-7H,(H,17,18). The molecule has 6 heteroatoms. The molecule has 0 spiro atoms. The molecule has 5 nitrogen and oxygen atoms in total. The van der Waals surface area contributed by atoms with E-state index in [9.17, 15) is 13.8 Å². The van der Waals surface area contributed by atoms with Crippen molar-refractivity contribution in [2.45, 2.75) is 0 Å². The second-order valence-corrected chi connectivity index (χ2v) is 4.78. The average molecular weight is 288 g/mol. The van der Waals surface area contributed by atoms with E-state index < -0.39 is 17.1 Å². The van der Waals surface area contributed by atoms with Gasteiger partial charge in [0.1, 0.15) is 0 Å². The summed E-state index contributed by atoms with van der Waals surface area (Å²) in [5.41, 5.74) is 0.798. The summed E-state index contributed by atoms with van der Waals surface area (Å²) < 4.78 is 24.3. The molecule has 0 saturated heterocycles. The molecule has 2 aromatic carbocycles. The Hall–Kier alpha value is -2.31. The van der Waals surface area contributed by atoms with Crippen LogP contribution < -0.4 is 4.18 Å². The van der Waals surface area contributed by atoms with E-state index in [4.69, 9.17) is 8.74 Å². The third kappa shape index (κ3) is 1.86. The Labute approximate surface area is 116 Å². The van der Waals surface area contributed by atoms with Gasteiger partial charge in [0.25, 0.3) is 0 Å². The lowest BCUT2D eigenvalue weighted by Crippen LogP contribution is -2.21. The molecule has 1 N–H and O–H groups in total. The molecule has 20 heavy (non-hydrogen) atoms. The van der Waals surface area contributed by atoms with Gasteiger partial charge in [-0.05, 0) is 6.07 Å². The van der Waals surface area contributed by atoms with E-state index in [0.29, 0.717) is 5.56 Å². The monoisotopic (exact) mass is 288 g/mol. The highest BCUT2D eigenvalue weighted by molar-refractivity contribution is 7.74. The van der Waals surface area contributed by atoms with Crippen LogP contribution in [0.3, 0.4) is 0 Å². The predicted molar refractivity (Wildman–Crippen MR) is 71.1 cm³/mol. The lowest BCUT2D eigenvalue weighted by atomic mass is 9.84. The molecule has 2 aromatic rings. The van der Waals surface area contributed by atoms with E-state index in [1.54, 1.807) is 24.3 Å². The second kappa shape index (κ2) is 4.66. The van der Waals surface area contributed by atoms with Crippen LogP contribution in [-0.2, 0) is 11.4 Å². The Morgan fingerprint density at radius 1 is 0.850 bits per heavy atom. The summed E-state index contributed by atoms with van der Waals surface area (Å²) in [6.07, 6.45) is 0. The van der Waals surface area contributed by atoms with Crippen LogP contribution in [0.15, 0.2) is 42.5 Å². The van der Waals surface area contributed by atoms with Gasteiger partial charge in [-0.25, -0.2) is 0 Å². The van der Waals surface area contributed by atoms with Gasteiger partial charge in [-0.1, -0.05) is 36.4 Å². The van der Waals surface area contributed by atoms with Gasteiger partial charge < -0.3 is 4.18 Å². The van der Waals surface area contributed by atoms with Crippen molar-refractivity contribution in [2.24, 2.45) is 0 Å². The van der Waals surface area contributed by atoms with Crippen LogP contribution in [0.4, 0.5) is 0 Å². The van der Waals surface area contributed by atoms with Gasteiger partial charge in [-0.15, -0.1) is 0 Å². The highest BCUT2D eigenvalue weighted by Gasteiger charge is 2.32. The van der Waals surface area contributed by atoms with E-state index in [1.807, 2.05) is 0 Å². The van der Waals surface area contributed by atoms with Crippen molar-refractivity contribution in [2.75, 3.05) is 0 Å². The summed E-state index contributed by atoms with van der Waals surface area (Å²) in [5, 5.41) is 0. The minimum absolute atomic E-state index is 0.0265. The molecule has 0 saturated carbocycles. The van der Waals surface area contributed by atoms with Crippen LogP contribution in [0.5, 0.6) is 5.75 Å². The first kappa shape index (κ1) is 12.7. The Morgan fingerprint density at radius 2 is 1.45 bits per heavy atom. The van der Waals surface area contributed by atoms with E-state index in [1.165, 1.54) is 18.2 Å². The van der Waals surface area contributed by atoms with Crippen LogP contribution in [0.25, 0.3) is 0 Å². The average Bonchev–Trinajstić information content (AvgIpc) is 2.44. The molecular formula is C14H8O5S. The van der Waals surface area contributed by atoms with E-state index in [2.05, 4.69) is 0 Å². The molecule has 0 radical (unpaired) electrons. The Morgan fingerprint density at radius 3 is 2.10 bits per heavy atom. The van der Waals surface area contributed by atoms with Crippen LogP contribution in [0.2, 0.25) is 0 Å². The fraction of sp³-hybridized carbons (Fsp3) is 0. The van der Waals surface area contributed by atoms with E-state index in [-0.39, 0.29) is 28.2 Å². The van der Waals surface area contributed by atoms with Crippen LogP contribution in [0.1, 0.15) is 31.8 Å². The second-order valence-electron chi connectivity index (χ2n) is 4.18. The van der Waals surface area contributed by atoms with Crippen LogP contribution in [0, 0.1) is 0 Å². The first-order chi connectivity index (χ1) is 9.59. The zero-order chi connectivity index (χ0) is 14.3. The van der Waals surface area contributed by atoms with Crippen molar-refractivity contribution >= 4 is 22.9 Å². The highest BCUT2D eigenvalue weighted by Crippen LogP contribution is 2.33. The maximum absolute atomic E-state index is 12.4. The van der Waals surface area contributed by atoms with Crippen molar-refractivity contribution in [3.05, 3.63) is 64.7 Å². The number of hydrogen-bond donors (Lipinski definition) is 1. The van der Waals surface area contributed by atoms with Gasteiger partial charge in [0.05, 0.1) is 5.56 Å². The van der Waals surface area contributed by atoms with Gasteiger partial charge in [0.15, 0.2) is 17.3 Å². The molecule has 0 aliphatic heterocycles. The molecule has 3 rings (SSSR count). The molecule has 1 atom stereocenters. The molecule has 1 aliphatic rings. The minimum Gasteiger partial charge on any atom is -0.379 e. The molecule has 0 fully saturated rings. The van der Waals surface area contributed by atoms with E-state index >= 15 is 0 Å². The van der Waals surface area contributed by atoms with Crippen molar-refractivity contribution in [1.29, 1.82) is 0 Å². The lowest BCUT2D eigenvalue weighted by molar-refractivity contribution is 0.0977. The summed E-state index contributed by atoms with van der Waals surface area (Å²) >= 11 is -2.56. The van der Waals surface area contributed by atoms with Gasteiger partial charge >= 0.3 is 11.4 Å². The third-order valence-corrected chi connectivity index (χ3v) is 3.40. The summed E-state index contributed by atoms with van der Waals surface area (Å²) in [6.45, 7) is 0. The first-order valence-corrected chi connectivity index (χ1v) is 6.73. The Kier molecular flexibility index (Phi) is 2.96. The van der Waals surface area contributed by atoms with Crippen molar-refractivity contribution in [3.8, 4) is 5.75 Å². The normalized spacial score (nSPS) is 14.4. The van der Waals surface area contributed by atoms with Crippen LogP contribution in [-0.4, -0.2) is 20.3 Å². The highest BCUT2D eigenvalue weighted by atomic mass is 32.2. The maximum Gasteiger partial charge on any atom is 0.357 e. The number of ketones is 2. The predicted octanol–water partition coefficient (Wildman–Crippen LogP) is 1.98. The molecule has 0 heterocycles. The number of fused-ring (bicyclic) bond motifs is 2. The third-order valence-electron chi connectivity index (χ3n) is 3.08. The minimum atomic E-state index is -2.56. The Balaban J connectivity index is 2.25. The number of rotatable bonds is 2. The fourth-order valence-electron chi connectivity index (χ4n) is 2.26. The number of carbonyl (C=O) groups excluding carboxylic acids is 2. The maximum atomic E-state index is 12.4. The molecule has 100 valence electrons. The molecular weight excluding hydrogens is 280 g/mol. The largest absolute Gasteiger partial charge is 0.379 e. The molecule has 0 bridgehead atoms. The summed E-state index contributed by atoms with van der Waals surface area (Å²) in [4.78, 5) is 24.8. The van der Waals surface area contributed by atoms with Crippen molar-refractivity contribution in [3.63, 3.8) is 0 Å². The summed E-state index contributed by atoms with van der Waals surface area (Å²) in [5.74, 6) is -0.767. The quantitative estimate of drug-likeness (QED) is 0.729. The zero-order valence-electron chi connectivity index (χ0n) is 10.0. The topological polar surface area (TPSA) is 80.7 Å². The van der Waals surface area contributed by atoms with Crippen molar-refractivity contribution in [1.82, 2.24) is 0 Å². The summed E-state index contributed by atoms with van der Waals surface area (Å²) in [7, 11) is 0. The number of hydrogen-bond acceptors (Lipinski definition) is 4. The SMILES string of the molecule is O=C1c2ccccc2C(=O)c2c(OS(=O)O)cccc21. The van der Waals surface area contributed by atoms with E-state index in [0.717, 1.165) is 0 Å². The van der Waals surface area contributed by atoms with Crippen LogP contribution >= 0.6 is 0 Å². The van der Waals surface area contributed by atoms with Gasteiger partial charge in [-0.2, -0.15) is 4.21 Å². The number of carbonyl (C=O) groups is 2. The van der Waals surface area contributed by atoms with Crippen molar-refractivity contribution < 1.29 is 22.5 Å². The van der Waals surface area contributed by atoms with Gasteiger partial charge in [0, 0.05) is 16.7 Å². The van der Waals surface area contributed by atoms with Gasteiger partial charge in [0.2, 0.25) is 0 Å². The summed E-state index contributed by atoms with van der Waals surface area (Å²) in [6, 6.07) is 10.8. The first-order valence-electron chi connectivity index (χ1n) is 5.70. The fourth-order valence-corrected chi connectivity index (χ4v) is 2.55. The molecule has 1 unspecified atom stereocenters. The van der Waals surface area contributed by atoms with Gasteiger partial charge in [-0.3, -0.25) is 14.1 Å².